The number of anilines is 1. The Morgan fingerprint density at radius 3 is 2.68 bits per heavy atom. The zero-order chi connectivity index (χ0) is 16.1. The molecule has 6 nitrogen and oxygen atoms in total. The molecule has 0 aromatic heterocycles. The fourth-order valence-electron chi connectivity index (χ4n) is 2.39. The van der Waals surface area contributed by atoms with Gasteiger partial charge in [-0.2, -0.15) is 0 Å². The van der Waals surface area contributed by atoms with Crippen molar-refractivity contribution in [3.8, 4) is 5.75 Å². The number of aliphatic hydroxyl groups is 2. The van der Waals surface area contributed by atoms with Gasteiger partial charge in [0.25, 0.3) is 5.91 Å². The predicted molar refractivity (Wildman–Crippen MR) is 80.8 cm³/mol. The predicted octanol–water partition coefficient (Wildman–Crippen LogP) is 0.490. The van der Waals surface area contributed by atoms with Crippen molar-refractivity contribution < 1.29 is 24.5 Å². The molecule has 0 saturated carbocycles. The van der Waals surface area contributed by atoms with Crippen molar-refractivity contribution in [2.75, 3.05) is 25.2 Å². The van der Waals surface area contributed by atoms with Crippen molar-refractivity contribution in [2.45, 2.75) is 18.2 Å². The van der Waals surface area contributed by atoms with Gasteiger partial charge >= 0.3 is 0 Å². The van der Waals surface area contributed by atoms with E-state index in [9.17, 15) is 15.0 Å². The number of carbonyl (C=O) groups is 1. The van der Waals surface area contributed by atoms with Crippen molar-refractivity contribution >= 4 is 11.6 Å². The van der Waals surface area contributed by atoms with E-state index < -0.39 is 24.9 Å². The molecule has 3 atom stereocenters. The van der Waals surface area contributed by atoms with E-state index in [4.69, 9.17) is 9.47 Å². The Balaban J connectivity index is 2.18. The van der Waals surface area contributed by atoms with Gasteiger partial charge in [0, 0.05) is 5.69 Å². The van der Waals surface area contributed by atoms with E-state index in [1.165, 1.54) is 4.90 Å². The molecule has 1 aromatic carbocycles. The molecule has 0 radical (unpaired) electrons. The summed E-state index contributed by atoms with van der Waals surface area (Å²) >= 11 is 0. The first-order chi connectivity index (χ1) is 10.6. The smallest absolute Gasteiger partial charge is 0.258 e. The number of amides is 1. The van der Waals surface area contributed by atoms with Gasteiger partial charge < -0.3 is 24.6 Å². The van der Waals surface area contributed by atoms with Crippen molar-refractivity contribution in [1.29, 1.82) is 0 Å². The lowest BCUT2D eigenvalue weighted by atomic mass is 9.91. The molecule has 2 rings (SSSR count). The van der Waals surface area contributed by atoms with Crippen LogP contribution in [0.25, 0.3) is 0 Å². The number of rotatable bonds is 7. The van der Waals surface area contributed by atoms with Crippen LogP contribution in [0.5, 0.6) is 5.75 Å². The molecule has 1 aromatic rings. The number of benzene rings is 1. The number of ether oxygens (including phenoxy) is 2. The van der Waals surface area contributed by atoms with Crippen molar-refractivity contribution in [3.05, 3.63) is 42.7 Å². The SMILES string of the molecule is C=C=CCO[C@H]1C(=O)N(c2ccc(OC)cc2)[C@H]1[C@H](O)CO. The third-order valence-corrected chi connectivity index (χ3v) is 3.52. The molecular weight excluding hydrogens is 286 g/mol. The zero-order valence-corrected chi connectivity index (χ0v) is 12.3. The number of hydrogen-bond donors (Lipinski definition) is 2. The minimum absolute atomic E-state index is 0.172. The summed E-state index contributed by atoms with van der Waals surface area (Å²) in [5.41, 5.74) is 3.16. The molecule has 1 aliphatic rings. The van der Waals surface area contributed by atoms with E-state index in [0.29, 0.717) is 11.4 Å². The van der Waals surface area contributed by atoms with Crippen LogP contribution in [0, 0.1) is 0 Å². The highest BCUT2D eigenvalue weighted by atomic mass is 16.5. The Morgan fingerprint density at radius 2 is 2.14 bits per heavy atom. The lowest BCUT2D eigenvalue weighted by molar-refractivity contribution is -0.147. The van der Waals surface area contributed by atoms with Gasteiger partial charge in [0.2, 0.25) is 0 Å². The van der Waals surface area contributed by atoms with Gasteiger partial charge in [0.15, 0.2) is 6.10 Å². The average Bonchev–Trinajstić information content (AvgIpc) is 2.56. The highest BCUT2D eigenvalue weighted by molar-refractivity contribution is 6.05. The molecule has 0 aliphatic carbocycles. The molecule has 1 heterocycles. The average molecular weight is 305 g/mol. The molecule has 0 unspecified atom stereocenters. The maximum absolute atomic E-state index is 12.3. The van der Waals surface area contributed by atoms with Crippen LogP contribution in [0.3, 0.4) is 0 Å². The second-order valence-corrected chi connectivity index (χ2v) is 4.81. The number of aliphatic hydroxyl groups excluding tert-OH is 2. The van der Waals surface area contributed by atoms with E-state index in [-0.39, 0.29) is 12.5 Å². The van der Waals surface area contributed by atoms with Gasteiger partial charge in [0.05, 0.1) is 20.3 Å². The number of methoxy groups -OCH3 is 1. The van der Waals surface area contributed by atoms with Gasteiger partial charge in [-0.05, 0) is 30.3 Å². The first kappa shape index (κ1) is 16.3. The second-order valence-electron chi connectivity index (χ2n) is 4.81. The standard InChI is InChI=1S/C16H19NO5/c1-3-4-9-22-15-14(13(19)10-18)17(16(15)20)11-5-7-12(21-2)8-6-11/h4-8,13-15,18-19H,1,9-10H2,2H3/t13-,14+,15-/m1/s1. The Morgan fingerprint density at radius 1 is 1.45 bits per heavy atom. The summed E-state index contributed by atoms with van der Waals surface area (Å²) < 4.78 is 10.5. The van der Waals surface area contributed by atoms with E-state index in [1.807, 2.05) is 0 Å². The highest BCUT2D eigenvalue weighted by Crippen LogP contribution is 2.33. The first-order valence-electron chi connectivity index (χ1n) is 6.86. The monoisotopic (exact) mass is 305 g/mol. The summed E-state index contributed by atoms with van der Waals surface area (Å²) in [4.78, 5) is 13.7. The number of β-lactam (4-membered cyclic amide) rings is 1. The minimum Gasteiger partial charge on any atom is -0.497 e. The molecule has 6 heteroatoms. The van der Waals surface area contributed by atoms with E-state index in [0.717, 1.165) is 0 Å². The summed E-state index contributed by atoms with van der Waals surface area (Å²) in [5, 5.41) is 19.2. The normalized spacial score (nSPS) is 21.8. The topological polar surface area (TPSA) is 79.2 Å². The second kappa shape index (κ2) is 7.24. The largest absolute Gasteiger partial charge is 0.497 e. The number of nitrogens with zero attached hydrogens (tertiary/aromatic N) is 1. The van der Waals surface area contributed by atoms with Crippen LogP contribution in [0.1, 0.15) is 0 Å². The van der Waals surface area contributed by atoms with Gasteiger partial charge in [-0.15, -0.1) is 5.73 Å². The van der Waals surface area contributed by atoms with Crippen LogP contribution in [0.4, 0.5) is 5.69 Å². The molecule has 118 valence electrons. The quantitative estimate of drug-likeness (QED) is 0.566. The van der Waals surface area contributed by atoms with E-state index in [1.54, 1.807) is 37.5 Å². The van der Waals surface area contributed by atoms with Crippen LogP contribution < -0.4 is 9.64 Å². The molecule has 22 heavy (non-hydrogen) atoms. The Labute approximate surface area is 128 Å². The molecule has 0 bridgehead atoms. The Kier molecular flexibility index (Phi) is 5.35. The third kappa shape index (κ3) is 3.05. The third-order valence-electron chi connectivity index (χ3n) is 3.52. The van der Waals surface area contributed by atoms with Crippen LogP contribution in [0.15, 0.2) is 42.7 Å². The molecular formula is C16H19NO5. The van der Waals surface area contributed by atoms with Gasteiger partial charge in [-0.25, -0.2) is 0 Å². The van der Waals surface area contributed by atoms with Crippen LogP contribution >= 0.6 is 0 Å². The summed E-state index contributed by atoms with van der Waals surface area (Å²) in [7, 11) is 1.55. The summed E-state index contributed by atoms with van der Waals surface area (Å²) in [6.07, 6.45) is -0.336. The Bertz CT molecular complexity index is 564. The van der Waals surface area contributed by atoms with Gasteiger partial charge in [-0.1, -0.05) is 6.58 Å². The van der Waals surface area contributed by atoms with Gasteiger partial charge in [-0.3, -0.25) is 4.79 Å². The molecule has 1 fully saturated rings. The molecule has 1 aliphatic heterocycles. The van der Waals surface area contributed by atoms with E-state index in [2.05, 4.69) is 12.3 Å². The van der Waals surface area contributed by atoms with Crippen LogP contribution in [-0.4, -0.2) is 54.7 Å². The Hall–Kier alpha value is -2.11. The summed E-state index contributed by atoms with van der Waals surface area (Å²) in [6, 6.07) is 6.24. The van der Waals surface area contributed by atoms with Crippen molar-refractivity contribution in [1.82, 2.24) is 0 Å². The van der Waals surface area contributed by atoms with Crippen molar-refractivity contribution in [3.63, 3.8) is 0 Å². The number of hydrogen-bond acceptors (Lipinski definition) is 5. The first-order valence-corrected chi connectivity index (χ1v) is 6.86. The molecule has 1 saturated heterocycles. The molecule has 1 amide bonds. The maximum Gasteiger partial charge on any atom is 0.258 e. The highest BCUT2D eigenvalue weighted by Gasteiger charge is 2.52. The lowest BCUT2D eigenvalue weighted by Crippen LogP contribution is -2.71. The maximum atomic E-state index is 12.3. The van der Waals surface area contributed by atoms with Gasteiger partial charge in [0.1, 0.15) is 17.9 Å². The lowest BCUT2D eigenvalue weighted by Gasteiger charge is -2.48. The van der Waals surface area contributed by atoms with E-state index >= 15 is 0 Å². The fourth-order valence-corrected chi connectivity index (χ4v) is 2.39. The number of carbonyl (C=O) groups excluding carboxylic acids is 1. The fraction of sp³-hybridized carbons (Fsp3) is 0.375. The van der Waals surface area contributed by atoms with Crippen LogP contribution in [0.2, 0.25) is 0 Å². The summed E-state index contributed by atoms with van der Waals surface area (Å²) in [5.74, 6) is 0.403. The molecule has 2 N–H and O–H groups in total. The zero-order valence-electron chi connectivity index (χ0n) is 12.3. The molecule has 0 spiro atoms. The van der Waals surface area contributed by atoms with Crippen LogP contribution in [-0.2, 0) is 9.53 Å². The van der Waals surface area contributed by atoms with Crippen molar-refractivity contribution in [2.24, 2.45) is 0 Å². The minimum atomic E-state index is -1.09. The summed E-state index contributed by atoms with van der Waals surface area (Å²) in [6.45, 7) is 3.13.